The Kier molecular flexibility index (Phi) is 17.1. The van der Waals surface area contributed by atoms with Gasteiger partial charge in [0.25, 0.3) is 0 Å². The largest absolute Gasteiger partial charge is 0.480 e. The lowest BCUT2D eigenvalue weighted by atomic mass is 9.72. The number of rotatable bonds is 7. The zero-order valence-electron chi connectivity index (χ0n) is 19.6. The zero-order valence-corrected chi connectivity index (χ0v) is 19.6. The Morgan fingerprint density at radius 1 is 1.00 bits per heavy atom. The van der Waals surface area contributed by atoms with Crippen LogP contribution in [0.5, 0.6) is 0 Å². The summed E-state index contributed by atoms with van der Waals surface area (Å²) in [5.74, 6) is -1.94. The van der Waals surface area contributed by atoms with E-state index in [0.29, 0.717) is 12.0 Å². The predicted octanol–water partition coefficient (Wildman–Crippen LogP) is 3.54. The number of hydrogen-bond acceptors (Lipinski definition) is 5. The highest BCUT2D eigenvalue weighted by Crippen LogP contribution is 2.40. The minimum Gasteiger partial charge on any atom is -0.480 e. The van der Waals surface area contributed by atoms with Gasteiger partial charge in [-0.25, -0.2) is 0 Å². The maximum Gasteiger partial charge on any atom is 0.317 e. The molecule has 0 aromatic carbocycles. The van der Waals surface area contributed by atoms with E-state index in [1.807, 2.05) is 6.08 Å². The van der Waals surface area contributed by atoms with Crippen LogP contribution in [-0.2, 0) is 9.59 Å². The van der Waals surface area contributed by atoms with Crippen LogP contribution in [0.25, 0.3) is 0 Å². The lowest BCUT2D eigenvalue weighted by molar-refractivity contribution is -0.136. The molecule has 0 bridgehead atoms. The highest BCUT2D eigenvalue weighted by Gasteiger charge is 2.26. The first-order chi connectivity index (χ1) is 14.4. The maximum atomic E-state index is 9.24. The van der Waals surface area contributed by atoms with Crippen LogP contribution in [0.1, 0.15) is 53.9 Å². The minimum atomic E-state index is -0.968. The van der Waals surface area contributed by atoms with Gasteiger partial charge in [0, 0.05) is 6.54 Å². The van der Waals surface area contributed by atoms with Gasteiger partial charge in [-0.1, -0.05) is 67.0 Å². The smallest absolute Gasteiger partial charge is 0.317 e. The molecule has 0 amide bonds. The molecule has 7 nitrogen and oxygen atoms in total. The molecule has 0 atom stereocenters. The number of carbonyl (C=O) groups is 2. The fraction of sp³-hybridized carbons (Fsp3) is 0.500. The first-order valence-corrected chi connectivity index (χ1v) is 10.3. The Morgan fingerprint density at radius 3 is 1.94 bits per heavy atom. The second kappa shape index (κ2) is 17.2. The van der Waals surface area contributed by atoms with Crippen molar-refractivity contribution in [2.24, 2.45) is 22.6 Å². The second-order valence-corrected chi connectivity index (χ2v) is 7.91. The Balaban J connectivity index is 0. The van der Waals surface area contributed by atoms with Gasteiger partial charge in [-0.15, -0.1) is 0 Å². The van der Waals surface area contributed by atoms with Crippen molar-refractivity contribution < 1.29 is 19.8 Å². The molecule has 0 unspecified atom stereocenters. The van der Waals surface area contributed by atoms with Crippen LogP contribution in [0.15, 0.2) is 58.7 Å². The third-order valence-corrected chi connectivity index (χ3v) is 4.56. The molecule has 0 radical (unpaired) electrons. The van der Waals surface area contributed by atoms with E-state index in [-0.39, 0.29) is 13.1 Å². The summed E-state index contributed by atoms with van der Waals surface area (Å²) in [6.07, 6.45) is 16.8. The van der Waals surface area contributed by atoms with Gasteiger partial charge in [-0.3, -0.25) is 9.59 Å². The van der Waals surface area contributed by atoms with E-state index in [1.54, 1.807) is 5.57 Å². The molecule has 7 heteroatoms. The summed E-state index contributed by atoms with van der Waals surface area (Å²) in [5.41, 5.74) is 20.5. The first-order valence-electron chi connectivity index (χ1n) is 10.3. The highest BCUT2D eigenvalue weighted by molar-refractivity contribution is 5.68. The lowest BCUT2D eigenvalue weighted by Crippen LogP contribution is -2.19. The number of nitrogens with two attached hydrogens (primary N) is 3. The average molecular weight is 436 g/mol. The van der Waals surface area contributed by atoms with Crippen molar-refractivity contribution in [2.45, 2.75) is 53.9 Å². The molecule has 8 N–H and O–H groups in total. The highest BCUT2D eigenvalue weighted by atomic mass is 16.4. The Bertz CT molecular complexity index is 700. The third kappa shape index (κ3) is 16.9. The van der Waals surface area contributed by atoms with Crippen molar-refractivity contribution >= 4 is 11.9 Å². The summed E-state index contributed by atoms with van der Waals surface area (Å²) in [6, 6.07) is 0. The zero-order chi connectivity index (χ0) is 24.4. The number of hydrogen-bond donors (Lipinski definition) is 5. The molecule has 0 heterocycles. The molecule has 1 aliphatic rings. The van der Waals surface area contributed by atoms with E-state index in [4.69, 9.17) is 15.9 Å². The molecule has 1 aliphatic carbocycles. The van der Waals surface area contributed by atoms with Gasteiger partial charge in [-0.2, -0.15) is 0 Å². The fourth-order valence-corrected chi connectivity index (χ4v) is 2.89. The molecule has 0 fully saturated rings. The summed E-state index contributed by atoms with van der Waals surface area (Å²) in [5, 5.41) is 15.2. The van der Waals surface area contributed by atoms with Gasteiger partial charge in [0.2, 0.25) is 0 Å². The van der Waals surface area contributed by atoms with E-state index in [9.17, 15) is 9.59 Å². The van der Waals surface area contributed by atoms with E-state index in [1.165, 1.54) is 36.0 Å². The van der Waals surface area contributed by atoms with Crippen molar-refractivity contribution in [3.63, 3.8) is 0 Å². The number of carboxylic acids is 2. The average Bonchev–Trinajstić information content (AvgIpc) is 2.68. The summed E-state index contributed by atoms with van der Waals surface area (Å²) in [6.45, 7) is 11.3. The van der Waals surface area contributed by atoms with E-state index in [2.05, 4.69) is 76.5 Å². The second-order valence-electron chi connectivity index (χ2n) is 7.91. The Morgan fingerprint density at radius 2 is 1.52 bits per heavy atom. The number of aliphatic carboxylic acids is 2. The monoisotopic (exact) mass is 435 g/mol. The van der Waals surface area contributed by atoms with Crippen molar-refractivity contribution in [3.05, 3.63) is 58.7 Å². The standard InChI is InChI=1S/C20H31N.2C2H5NO2/c1-16(8-6-9-17(2)13-15-21)11-12-19-18(3)10-7-14-20(19,4)5;2*3-1-2(4)5/h6,8-9,11-13H,7,10,14-15,21H2,1-5H3;2*1,3H2,(H,4,5). The van der Waals surface area contributed by atoms with E-state index < -0.39 is 11.9 Å². The van der Waals surface area contributed by atoms with Crippen LogP contribution in [0.4, 0.5) is 0 Å². The van der Waals surface area contributed by atoms with Crippen LogP contribution < -0.4 is 17.2 Å². The molecular formula is C24H41N3O4. The third-order valence-electron chi connectivity index (χ3n) is 4.56. The van der Waals surface area contributed by atoms with Crippen LogP contribution in [0.2, 0.25) is 0 Å². The van der Waals surface area contributed by atoms with Gasteiger partial charge in [0.1, 0.15) is 0 Å². The molecule has 0 saturated carbocycles. The summed E-state index contributed by atoms with van der Waals surface area (Å²) >= 11 is 0. The molecule has 0 saturated heterocycles. The van der Waals surface area contributed by atoms with Gasteiger partial charge in [0.15, 0.2) is 0 Å². The quantitative estimate of drug-likeness (QED) is 0.383. The molecule has 1 rings (SSSR count). The molecule has 0 spiro atoms. The van der Waals surface area contributed by atoms with Crippen LogP contribution in [0, 0.1) is 5.41 Å². The Hall–Kier alpha value is -2.48. The maximum absolute atomic E-state index is 9.24. The van der Waals surface area contributed by atoms with Crippen molar-refractivity contribution in [1.82, 2.24) is 0 Å². The van der Waals surface area contributed by atoms with Crippen LogP contribution in [-0.4, -0.2) is 41.8 Å². The van der Waals surface area contributed by atoms with Crippen molar-refractivity contribution in [3.8, 4) is 0 Å². The lowest BCUT2D eigenvalue weighted by Gasteiger charge is -2.32. The SMILES string of the molecule is CC(C=CC1=C(C)CCCC1(C)C)=CC=CC(C)=CCN.NCC(=O)O.NCC(=O)O. The predicted molar refractivity (Wildman–Crippen MR) is 129 cm³/mol. The fourth-order valence-electron chi connectivity index (χ4n) is 2.89. The number of allylic oxidation sites excluding steroid dienone is 9. The summed E-state index contributed by atoms with van der Waals surface area (Å²) in [7, 11) is 0. The van der Waals surface area contributed by atoms with Gasteiger partial charge in [0.05, 0.1) is 13.1 Å². The van der Waals surface area contributed by atoms with E-state index in [0.717, 1.165) is 0 Å². The molecule has 0 aromatic heterocycles. The van der Waals surface area contributed by atoms with Crippen LogP contribution >= 0.6 is 0 Å². The van der Waals surface area contributed by atoms with Crippen molar-refractivity contribution in [1.29, 1.82) is 0 Å². The normalized spacial score (nSPS) is 16.5. The summed E-state index contributed by atoms with van der Waals surface area (Å²) in [4.78, 5) is 18.5. The van der Waals surface area contributed by atoms with Gasteiger partial charge < -0.3 is 27.4 Å². The molecule has 0 aliphatic heterocycles. The molecule has 0 aromatic rings. The molecule has 176 valence electrons. The minimum absolute atomic E-state index is 0.278. The molecular weight excluding hydrogens is 394 g/mol. The van der Waals surface area contributed by atoms with Gasteiger partial charge >= 0.3 is 11.9 Å². The topological polar surface area (TPSA) is 153 Å². The molecule has 31 heavy (non-hydrogen) atoms. The summed E-state index contributed by atoms with van der Waals surface area (Å²) < 4.78 is 0. The number of carboxylic acid groups (broad SMARTS) is 2. The van der Waals surface area contributed by atoms with Gasteiger partial charge in [-0.05, 0) is 51.0 Å². The van der Waals surface area contributed by atoms with Crippen molar-refractivity contribution in [2.75, 3.05) is 19.6 Å². The Labute approximate surface area is 187 Å². The van der Waals surface area contributed by atoms with E-state index >= 15 is 0 Å². The van der Waals surface area contributed by atoms with Crippen LogP contribution in [0.3, 0.4) is 0 Å². The first kappa shape index (κ1) is 30.7.